The Morgan fingerprint density at radius 2 is 0.696 bits per heavy atom. The standard InChI is InChI=1S/C42H38N4/c43-39(33-13-5-1-6-14-33)29-41(45-37-17-9-3-10-18-37)35-25-21-31(22-26-35)32-23-27-36(28-24-32)42(46-38-19-11-4-12-20-38)30-40(44)34-15-7-2-8-16-34/h1-28,41-46H,29-30H2. The normalized spacial score (nSPS) is 12.1. The quantitative estimate of drug-likeness (QED) is 0.0999. The van der Waals surface area contributed by atoms with Crippen molar-refractivity contribution in [2.75, 3.05) is 10.6 Å². The van der Waals surface area contributed by atoms with Crippen molar-refractivity contribution in [3.8, 4) is 11.1 Å². The molecule has 2 unspecified atom stereocenters. The summed E-state index contributed by atoms with van der Waals surface area (Å²) < 4.78 is 0. The highest BCUT2D eigenvalue weighted by atomic mass is 14.9. The molecule has 4 nitrogen and oxygen atoms in total. The largest absolute Gasteiger partial charge is 0.378 e. The number of hydrogen-bond donors (Lipinski definition) is 4. The third-order valence-corrected chi connectivity index (χ3v) is 8.25. The van der Waals surface area contributed by atoms with Crippen LogP contribution in [0.1, 0.15) is 47.2 Å². The zero-order valence-electron chi connectivity index (χ0n) is 25.7. The van der Waals surface area contributed by atoms with Gasteiger partial charge in [0.2, 0.25) is 0 Å². The molecular weight excluding hydrogens is 560 g/mol. The van der Waals surface area contributed by atoms with Crippen molar-refractivity contribution in [3.05, 3.63) is 192 Å². The summed E-state index contributed by atoms with van der Waals surface area (Å²) in [6.45, 7) is 0. The highest BCUT2D eigenvalue weighted by Gasteiger charge is 2.17. The van der Waals surface area contributed by atoms with E-state index in [4.69, 9.17) is 10.8 Å². The first-order valence-corrected chi connectivity index (χ1v) is 15.7. The van der Waals surface area contributed by atoms with Gasteiger partial charge in [-0.15, -0.1) is 0 Å². The van der Waals surface area contributed by atoms with Gasteiger partial charge in [-0.2, -0.15) is 0 Å². The average molecular weight is 599 g/mol. The van der Waals surface area contributed by atoms with Crippen LogP contribution in [0.25, 0.3) is 11.1 Å². The molecule has 6 aromatic rings. The van der Waals surface area contributed by atoms with Gasteiger partial charge in [-0.25, -0.2) is 0 Å². The van der Waals surface area contributed by atoms with E-state index >= 15 is 0 Å². The Bertz CT molecular complexity index is 1690. The van der Waals surface area contributed by atoms with Gasteiger partial charge in [0.15, 0.2) is 0 Å². The van der Waals surface area contributed by atoms with E-state index in [-0.39, 0.29) is 12.1 Å². The number of anilines is 2. The van der Waals surface area contributed by atoms with Crippen molar-refractivity contribution in [3.63, 3.8) is 0 Å². The maximum Gasteiger partial charge on any atom is 0.0569 e. The molecular formula is C42H38N4. The SMILES string of the molecule is N=C(CC(Nc1ccccc1)c1ccc(-c2ccc(C(CC(=N)c3ccccc3)Nc3ccccc3)cc2)cc1)c1ccccc1. The van der Waals surface area contributed by atoms with E-state index in [1.165, 1.54) is 0 Å². The Hall–Kier alpha value is -5.74. The van der Waals surface area contributed by atoms with Crippen LogP contribution in [-0.2, 0) is 0 Å². The minimum atomic E-state index is -0.0451. The summed E-state index contributed by atoms with van der Waals surface area (Å²) in [5, 5.41) is 24.9. The van der Waals surface area contributed by atoms with Gasteiger partial charge in [0, 0.05) is 35.6 Å². The third kappa shape index (κ3) is 7.85. The molecule has 46 heavy (non-hydrogen) atoms. The minimum Gasteiger partial charge on any atom is -0.378 e. The van der Waals surface area contributed by atoms with Crippen molar-refractivity contribution in [2.45, 2.75) is 24.9 Å². The lowest BCUT2D eigenvalue weighted by Gasteiger charge is -2.22. The Kier molecular flexibility index (Phi) is 9.76. The Morgan fingerprint density at radius 1 is 0.391 bits per heavy atom. The van der Waals surface area contributed by atoms with Crippen LogP contribution in [0.5, 0.6) is 0 Å². The van der Waals surface area contributed by atoms with Crippen LogP contribution in [0, 0.1) is 10.8 Å². The second-order valence-corrected chi connectivity index (χ2v) is 11.5. The molecule has 6 aromatic carbocycles. The van der Waals surface area contributed by atoms with Crippen LogP contribution in [0.3, 0.4) is 0 Å². The highest BCUT2D eigenvalue weighted by molar-refractivity contribution is 5.99. The van der Waals surface area contributed by atoms with Gasteiger partial charge < -0.3 is 21.5 Å². The van der Waals surface area contributed by atoms with Crippen LogP contribution in [0.15, 0.2) is 170 Å². The highest BCUT2D eigenvalue weighted by Crippen LogP contribution is 2.30. The average Bonchev–Trinajstić information content (AvgIpc) is 3.13. The smallest absolute Gasteiger partial charge is 0.0569 e. The maximum atomic E-state index is 8.81. The molecule has 4 heteroatoms. The molecule has 0 aliphatic carbocycles. The molecule has 0 amide bonds. The van der Waals surface area contributed by atoms with Crippen molar-refractivity contribution in [1.29, 1.82) is 10.8 Å². The lowest BCUT2D eigenvalue weighted by atomic mass is 9.93. The topological polar surface area (TPSA) is 71.8 Å². The summed E-state index contributed by atoms with van der Waals surface area (Å²) in [6, 6.07) is 57.6. The molecule has 6 rings (SSSR count). The van der Waals surface area contributed by atoms with Gasteiger partial charge >= 0.3 is 0 Å². The van der Waals surface area contributed by atoms with E-state index < -0.39 is 0 Å². The molecule has 0 aliphatic rings. The van der Waals surface area contributed by atoms with Gasteiger partial charge in [0.1, 0.15) is 0 Å². The van der Waals surface area contributed by atoms with E-state index in [9.17, 15) is 0 Å². The minimum absolute atomic E-state index is 0.0451. The van der Waals surface area contributed by atoms with Gasteiger partial charge in [0.25, 0.3) is 0 Å². The van der Waals surface area contributed by atoms with Crippen molar-refractivity contribution < 1.29 is 0 Å². The van der Waals surface area contributed by atoms with E-state index in [1.807, 2.05) is 97.1 Å². The summed E-state index contributed by atoms with van der Waals surface area (Å²) >= 11 is 0. The van der Waals surface area contributed by atoms with E-state index in [0.717, 1.165) is 44.8 Å². The molecule has 0 heterocycles. The Morgan fingerprint density at radius 3 is 1.02 bits per heavy atom. The van der Waals surface area contributed by atoms with Gasteiger partial charge in [-0.05, 0) is 57.6 Å². The summed E-state index contributed by atoms with van der Waals surface area (Å²) in [4.78, 5) is 0. The van der Waals surface area contributed by atoms with Gasteiger partial charge in [0.05, 0.1) is 12.1 Å². The fraction of sp³-hybridized carbons (Fsp3) is 0.0952. The van der Waals surface area contributed by atoms with Crippen molar-refractivity contribution in [2.24, 2.45) is 0 Å². The van der Waals surface area contributed by atoms with Crippen molar-refractivity contribution >= 4 is 22.8 Å². The second kappa shape index (κ2) is 14.8. The predicted octanol–water partition coefficient (Wildman–Crippen LogP) is 10.6. The molecule has 0 bridgehead atoms. The first-order valence-electron chi connectivity index (χ1n) is 15.7. The van der Waals surface area contributed by atoms with Gasteiger partial charge in [-0.1, -0.05) is 146 Å². The molecule has 0 radical (unpaired) electrons. The Labute approximate surface area is 271 Å². The summed E-state index contributed by atoms with van der Waals surface area (Å²) in [7, 11) is 0. The second-order valence-electron chi connectivity index (χ2n) is 11.5. The number of benzene rings is 6. The fourth-order valence-electron chi connectivity index (χ4n) is 5.71. The summed E-state index contributed by atoms with van der Waals surface area (Å²) in [5.74, 6) is 0. The molecule has 0 aliphatic heterocycles. The molecule has 4 N–H and O–H groups in total. The fourth-order valence-corrected chi connectivity index (χ4v) is 5.71. The van der Waals surface area contributed by atoms with Crippen LogP contribution in [0.2, 0.25) is 0 Å². The van der Waals surface area contributed by atoms with E-state index in [2.05, 4.69) is 83.4 Å². The van der Waals surface area contributed by atoms with Crippen LogP contribution < -0.4 is 10.6 Å². The summed E-state index contributed by atoms with van der Waals surface area (Å²) in [6.07, 6.45) is 1.14. The number of rotatable bonds is 13. The maximum absolute atomic E-state index is 8.81. The number of para-hydroxylation sites is 2. The van der Waals surface area contributed by atoms with E-state index in [0.29, 0.717) is 24.3 Å². The first kappa shape index (κ1) is 30.3. The number of nitrogens with one attached hydrogen (secondary N) is 4. The van der Waals surface area contributed by atoms with Crippen LogP contribution in [0.4, 0.5) is 11.4 Å². The molecule has 0 saturated carbocycles. The van der Waals surface area contributed by atoms with E-state index in [1.54, 1.807) is 0 Å². The van der Waals surface area contributed by atoms with Gasteiger partial charge in [-0.3, -0.25) is 0 Å². The molecule has 0 aromatic heterocycles. The number of hydrogen-bond acceptors (Lipinski definition) is 4. The van der Waals surface area contributed by atoms with Crippen LogP contribution >= 0.6 is 0 Å². The molecule has 0 fully saturated rings. The monoisotopic (exact) mass is 598 g/mol. The summed E-state index contributed by atoms with van der Waals surface area (Å²) in [5.41, 5.74) is 9.71. The first-order chi connectivity index (χ1) is 22.6. The predicted molar refractivity (Wildman–Crippen MR) is 193 cm³/mol. The zero-order chi connectivity index (χ0) is 31.6. The lowest BCUT2D eigenvalue weighted by Crippen LogP contribution is -2.16. The molecule has 2 atom stereocenters. The Balaban J connectivity index is 1.21. The lowest BCUT2D eigenvalue weighted by molar-refractivity contribution is 0.819. The molecule has 226 valence electrons. The molecule has 0 spiro atoms. The third-order valence-electron chi connectivity index (χ3n) is 8.25. The zero-order valence-corrected chi connectivity index (χ0v) is 25.7. The molecule has 0 saturated heterocycles. The van der Waals surface area contributed by atoms with Crippen LogP contribution in [-0.4, -0.2) is 11.4 Å². The van der Waals surface area contributed by atoms with Crippen molar-refractivity contribution in [1.82, 2.24) is 0 Å².